The number of amides is 1. The summed E-state index contributed by atoms with van der Waals surface area (Å²) in [6.07, 6.45) is 1.43. The van der Waals surface area contributed by atoms with Gasteiger partial charge in [0.1, 0.15) is 5.82 Å². The van der Waals surface area contributed by atoms with Crippen molar-refractivity contribution in [1.29, 1.82) is 0 Å². The van der Waals surface area contributed by atoms with Gasteiger partial charge in [-0.25, -0.2) is 4.39 Å². The molecule has 2 N–H and O–H groups in total. The Morgan fingerprint density at radius 3 is 2.76 bits per heavy atom. The molecule has 0 bridgehead atoms. The zero-order valence-corrected chi connectivity index (χ0v) is 11.9. The molecular weight excluding hydrogens is 269 g/mol. The summed E-state index contributed by atoms with van der Waals surface area (Å²) in [4.78, 5) is 12.1. The Bertz CT molecular complexity index is 640. The van der Waals surface area contributed by atoms with Crippen LogP contribution in [0.15, 0.2) is 42.5 Å². The number of aryl methyl sites for hydroxylation is 2. The molecule has 21 heavy (non-hydrogen) atoms. The van der Waals surface area contributed by atoms with Gasteiger partial charge < -0.3 is 10.4 Å². The maximum absolute atomic E-state index is 13.5. The number of carbonyl (C=O) groups excluding carboxylic acids is 1. The van der Waals surface area contributed by atoms with E-state index in [2.05, 4.69) is 5.32 Å². The summed E-state index contributed by atoms with van der Waals surface area (Å²) >= 11 is 0. The Hall–Kier alpha value is -2.20. The number of aliphatic hydroxyl groups excluding tert-OH is 1. The predicted octanol–water partition coefficient (Wildman–Crippen LogP) is 3.31. The number of halogens is 1. The van der Waals surface area contributed by atoms with Gasteiger partial charge in [0.05, 0.1) is 0 Å². The van der Waals surface area contributed by atoms with E-state index in [1.807, 2.05) is 18.2 Å². The fourth-order valence-corrected chi connectivity index (χ4v) is 2.03. The standard InChI is InChI=1S/C17H18FNO2/c1-12-7-8-14(11-16(12)18)17(21)19-15-6-2-4-13(10-15)5-3-9-20/h2,4,6-8,10-11,20H,3,5,9H2,1H3,(H,19,21). The minimum absolute atomic E-state index is 0.138. The van der Waals surface area contributed by atoms with E-state index in [9.17, 15) is 9.18 Å². The smallest absolute Gasteiger partial charge is 0.255 e. The fraction of sp³-hybridized carbons (Fsp3) is 0.235. The Balaban J connectivity index is 2.10. The molecule has 0 atom stereocenters. The molecule has 3 nitrogen and oxygen atoms in total. The van der Waals surface area contributed by atoms with Crippen LogP contribution in [0.2, 0.25) is 0 Å². The van der Waals surface area contributed by atoms with Crippen molar-refractivity contribution in [3.8, 4) is 0 Å². The molecule has 1 amide bonds. The number of benzene rings is 2. The normalized spacial score (nSPS) is 10.4. The zero-order chi connectivity index (χ0) is 15.2. The van der Waals surface area contributed by atoms with Crippen LogP contribution < -0.4 is 5.32 Å². The van der Waals surface area contributed by atoms with E-state index in [1.54, 1.807) is 25.1 Å². The van der Waals surface area contributed by atoms with Crippen molar-refractivity contribution >= 4 is 11.6 Å². The summed E-state index contributed by atoms with van der Waals surface area (Å²) in [5, 5.41) is 11.6. The van der Waals surface area contributed by atoms with Crippen LogP contribution in [0, 0.1) is 12.7 Å². The molecule has 0 aliphatic heterocycles. The highest BCUT2D eigenvalue weighted by molar-refractivity contribution is 6.04. The highest BCUT2D eigenvalue weighted by Crippen LogP contribution is 2.15. The number of hydrogen-bond acceptors (Lipinski definition) is 2. The SMILES string of the molecule is Cc1ccc(C(=O)Nc2cccc(CCCO)c2)cc1F. The molecule has 2 aromatic carbocycles. The third-order valence-corrected chi connectivity index (χ3v) is 3.24. The van der Waals surface area contributed by atoms with Gasteiger partial charge in [-0.15, -0.1) is 0 Å². The Morgan fingerprint density at radius 2 is 2.05 bits per heavy atom. The lowest BCUT2D eigenvalue weighted by atomic mass is 10.1. The molecular formula is C17H18FNO2. The van der Waals surface area contributed by atoms with E-state index < -0.39 is 0 Å². The third kappa shape index (κ3) is 4.13. The highest BCUT2D eigenvalue weighted by Gasteiger charge is 2.08. The molecule has 0 aliphatic rings. The maximum Gasteiger partial charge on any atom is 0.255 e. The van der Waals surface area contributed by atoms with Crippen molar-refractivity contribution in [2.45, 2.75) is 19.8 Å². The van der Waals surface area contributed by atoms with E-state index in [-0.39, 0.29) is 18.3 Å². The van der Waals surface area contributed by atoms with Crippen LogP contribution >= 0.6 is 0 Å². The second-order valence-electron chi connectivity index (χ2n) is 4.95. The van der Waals surface area contributed by atoms with Crippen molar-refractivity contribution in [3.05, 3.63) is 65.0 Å². The molecule has 2 aromatic rings. The molecule has 0 spiro atoms. The molecule has 0 saturated carbocycles. The number of nitrogens with one attached hydrogen (secondary N) is 1. The average Bonchev–Trinajstić information content (AvgIpc) is 2.48. The van der Waals surface area contributed by atoms with Gasteiger partial charge >= 0.3 is 0 Å². The van der Waals surface area contributed by atoms with Crippen LogP contribution in [0.4, 0.5) is 10.1 Å². The lowest BCUT2D eigenvalue weighted by molar-refractivity contribution is 0.102. The largest absolute Gasteiger partial charge is 0.396 e. The topological polar surface area (TPSA) is 49.3 Å². The first kappa shape index (κ1) is 15.2. The predicted molar refractivity (Wildman–Crippen MR) is 80.9 cm³/mol. The quantitative estimate of drug-likeness (QED) is 0.886. The number of hydrogen-bond donors (Lipinski definition) is 2. The van der Waals surface area contributed by atoms with Crippen LogP contribution in [-0.2, 0) is 6.42 Å². The Morgan fingerprint density at radius 1 is 1.24 bits per heavy atom. The van der Waals surface area contributed by atoms with Crippen LogP contribution in [0.25, 0.3) is 0 Å². The van der Waals surface area contributed by atoms with Crippen molar-refractivity contribution in [2.24, 2.45) is 0 Å². The summed E-state index contributed by atoms with van der Waals surface area (Å²) in [5.41, 5.74) is 2.50. The van der Waals surface area contributed by atoms with Crippen LogP contribution in [-0.4, -0.2) is 17.6 Å². The molecule has 0 saturated heterocycles. The third-order valence-electron chi connectivity index (χ3n) is 3.24. The lowest BCUT2D eigenvalue weighted by Crippen LogP contribution is -2.12. The van der Waals surface area contributed by atoms with Crippen molar-refractivity contribution in [2.75, 3.05) is 11.9 Å². The highest BCUT2D eigenvalue weighted by atomic mass is 19.1. The van der Waals surface area contributed by atoms with E-state index >= 15 is 0 Å². The fourth-order valence-electron chi connectivity index (χ4n) is 2.03. The summed E-state index contributed by atoms with van der Waals surface area (Å²) in [6, 6.07) is 11.9. The monoisotopic (exact) mass is 287 g/mol. The van der Waals surface area contributed by atoms with Crippen LogP contribution in [0.1, 0.15) is 27.9 Å². The summed E-state index contributed by atoms with van der Waals surface area (Å²) in [5.74, 6) is -0.729. The minimum Gasteiger partial charge on any atom is -0.396 e. The molecule has 0 heterocycles. The van der Waals surface area contributed by atoms with E-state index in [0.717, 1.165) is 12.0 Å². The second kappa shape index (κ2) is 6.99. The van der Waals surface area contributed by atoms with Crippen molar-refractivity contribution in [3.63, 3.8) is 0 Å². The molecule has 0 aromatic heterocycles. The van der Waals surface area contributed by atoms with Crippen molar-refractivity contribution in [1.82, 2.24) is 0 Å². The Labute approximate surface area is 123 Å². The van der Waals surface area contributed by atoms with Gasteiger partial charge in [0.2, 0.25) is 0 Å². The summed E-state index contributed by atoms with van der Waals surface area (Å²) < 4.78 is 13.5. The van der Waals surface area contributed by atoms with Crippen LogP contribution in [0.3, 0.4) is 0 Å². The number of rotatable bonds is 5. The van der Waals surface area contributed by atoms with Gasteiger partial charge in [-0.1, -0.05) is 18.2 Å². The minimum atomic E-state index is -0.389. The first-order chi connectivity index (χ1) is 10.1. The lowest BCUT2D eigenvalue weighted by Gasteiger charge is -2.08. The number of aliphatic hydroxyl groups is 1. The first-order valence-electron chi connectivity index (χ1n) is 6.87. The van der Waals surface area contributed by atoms with Gasteiger partial charge in [-0.05, 0) is 55.2 Å². The maximum atomic E-state index is 13.5. The average molecular weight is 287 g/mol. The van der Waals surface area contributed by atoms with Crippen molar-refractivity contribution < 1.29 is 14.3 Å². The van der Waals surface area contributed by atoms with Gasteiger partial charge in [0, 0.05) is 17.9 Å². The summed E-state index contributed by atoms with van der Waals surface area (Å²) in [7, 11) is 0. The second-order valence-corrected chi connectivity index (χ2v) is 4.95. The van der Waals surface area contributed by atoms with Crippen LogP contribution in [0.5, 0.6) is 0 Å². The van der Waals surface area contributed by atoms with E-state index in [4.69, 9.17) is 5.11 Å². The molecule has 110 valence electrons. The van der Waals surface area contributed by atoms with Gasteiger partial charge in [-0.2, -0.15) is 0 Å². The summed E-state index contributed by atoms with van der Waals surface area (Å²) in [6.45, 7) is 1.79. The van der Waals surface area contributed by atoms with Gasteiger partial charge in [0.15, 0.2) is 0 Å². The van der Waals surface area contributed by atoms with Gasteiger partial charge in [-0.3, -0.25) is 4.79 Å². The first-order valence-corrected chi connectivity index (χ1v) is 6.87. The molecule has 0 radical (unpaired) electrons. The molecule has 2 rings (SSSR count). The molecule has 0 unspecified atom stereocenters. The van der Waals surface area contributed by atoms with E-state index in [1.165, 1.54) is 6.07 Å². The molecule has 4 heteroatoms. The number of carbonyl (C=O) groups is 1. The molecule has 0 fully saturated rings. The molecule has 0 aliphatic carbocycles. The van der Waals surface area contributed by atoms with E-state index in [0.29, 0.717) is 23.2 Å². The number of anilines is 1. The van der Waals surface area contributed by atoms with Gasteiger partial charge in [0.25, 0.3) is 5.91 Å². The Kier molecular flexibility index (Phi) is 5.06. The zero-order valence-electron chi connectivity index (χ0n) is 11.9.